The molecule has 2 aliphatic heterocycles. The van der Waals surface area contributed by atoms with Crippen molar-refractivity contribution in [1.82, 2.24) is 9.80 Å². The smallest absolute Gasteiger partial charge is 0.241 e. The molecule has 0 bridgehead atoms. The molecule has 2 amide bonds. The number of carbonyl (C=O) groups is 2. The van der Waals surface area contributed by atoms with E-state index in [1.54, 1.807) is 0 Å². The highest BCUT2D eigenvalue weighted by Gasteiger charge is 2.37. The molecule has 2 heterocycles. The molecule has 0 radical (unpaired) electrons. The van der Waals surface area contributed by atoms with E-state index in [1.165, 1.54) is 19.3 Å². The summed E-state index contributed by atoms with van der Waals surface area (Å²) in [7, 11) is 0. The zero-order valence-electron chi connectivity index (χ0n) is 20.4. The molecule has 0 saturated carbocycles. The fraction of sp³-hybridized carbons (Fsp3) is 0.500. The molecule has 2 aromatic carbocycles. The van der Waals surface area contributed by atoms with Gasteiger partial charge in [0.25, 0.3) is 0 Å². The number of likely N-dealkylation sites (tertiary alicyclic amines) is 2. The Morgan fingerprint density at radius 1 is 0.912 bits per heavy atom. The molecule has 6 heteroatoms. The normalized spacial score (nSPS) is 18.0. The lowest BCUT2D eigenvalue weighted by Crippen LogP contribution is -2.53. The van der Waals surface area contributed by atoms with E-state index >= 15 is 0 Å². The van der Waals surface area contributed by atoms with Crippen molar-refractivity contribution in [3.63, 3.8) is 0 Å². The van der Waals surface area contributed by atoms with Gasteiger partial charge in [-0.3, -0.25) is 14.5 Å². The lowest BCUT2D eigenvalue weighted by Gasteiger charge is -2.41. The molecule has 2 aromatic rings. The van der Waals surface area contributed by atoms with Gasteiger partial charge in [-0.2, -0.15) is 0 Å². The number of nitrogens with zero attached hydrogens (tertiary/aromatic N) is 3. The third kappa shape index (κ3) is 5.64. The number of para-hydroxylation sites is 1. The molecular formula is C28H36ClN3O2. The van der Waals surface area contributed by atoms with E-state index < -0.39 is 5.41 Å². The number of carbonyl (C=O) groups excluding carboxylic acids is 2. The minimum Gasteiger partial charge on any atom is -0.342 e. The first-order chi connectivity index (χ1) is 16.4. The van der Waals surface area contributed by atoms with Gasteiger partial charge in [-0.25, -0.2) is 0 Å². The molecule has 4 rings (SSSR count). The average molecular weight is 482 g/mol. The minimum absolute atomic E-state index is 0.0994. The van der Waals surface area contributed by atoms with Crippen LogP contribution in [-0.4, -0.2) is 60.4 Å². The predicted molar refractivity (Wildman–Crippen MR) is 138 cm³/mol. The van der Waals surface area contributed by atoms with Gasteiger partial charge in [-0.15, -0.1) is 0 Å². The topological polar surface area (TPSA) is 43.9 Å². The molecular weight excluding hydrogens is 446 g/mol. The number of anilines is 1. The third-order valence-corrected chi connectivity index (χ3v) is 7.58. The van der Waals surface area contributed by atoms with Crippen molar-refractivity contribution in [2.45, 2.75) is 57.4 Å². The Kier molecular flexibility index (Phi) is 7.95. The molecule has 2 aliphatic rings. The summed E-state index contributed by atoms with van der Waals surface area (Å²) < 4.78 is 0. The van der Waals surface area contributed by atoms with Crippen LogP contribution in [0.15, 0.2) is 54.6 Å². The van der Waals surface area contributed by atoms with E-state index in [9.17, 15) is 9.59 Å². The minimum atomic E-state index is -0.624. The van der Waals surface area contributed by atoms with Crippen molar-refractivity contribution in [3.05, 3.63) is 65.2 Å². The SMILES string of the molecule is CC(C)(C(=O)N1CCC(N(C(=O)CN2CCCCC2)c2ccccc2)CC1)c1ccc(Cl)cc1. The highest BCUT2D eigenvalue weighted by atomic mass is 35.5. The van der Waals surface area contributed by atoms with Gasteiger partial charge in [0.05, 0.1) is 12.0 Å². The molecule has 0 aliphatic carbocycles. The standard InChI is InChI=1S/C28H36ClN3O2/c1-28(2,22-11-13-23(29)14-12-22)27(34)31-19-15-25(16-20-31)32(24-9-5-3-6-10-24)26(33)21-30-17-7-4-8-18-30/h3,5-6,9-14,25H,4,7-8,15-21H2,1-2H3. The molecule has 0 atom stereocenters. The number of halogens is 1. The van der Waals surface area contributed by atoms with Gasteiger partial charge in [0.1, 0.15) is 0 Å². The first-order valence-electron chi connectivity index (χ1n) is 12.5. The summed E-state index contributed by atoms with van der Waals surface area (Å²) in [5, 5.41) is 0.669. The van der Waals surface area contributed by atoms with E-state index in [1.807, 2.05) is 78.2 Å². The van der Waals surface area contributed by atoms with Crippen LogP contribution in [0, 0.1) is 0 Å². The van der Waals surface area contributed by atoms with Crippen LogP contribution >= 0.6 is 11.6 Å². The maximum absolute atomic E-state index is 13.5. The van der Waals surface area contributed by atoms with Gasteiger partial charge in [0.15, 0.2) is 0 Å². The lowest BCUT2D eigenvalue weighted by atomic mass is 9.82. The number of benzene rings is 2. The fourth-order valence-electron chi connectivity index (χ4n) is 5.24. The number of rotatable bonds is 6. The molecule has 5 nitrogen and oxygen atoms in total. The Bertz CT molecular complexity index is 963. The predicted octanol–water partition coefficient (Wildman–Crippen LogP) is 5.13. The van der Waals surface area contributed by atoms with Crippen LogP contribution in [0.1, 0.15) is 51.5 Å². The highest BCUT2D eigenvalue weighted by Crippen LogP contribution is 2.30. The van der Waals surface area contributed by atoms with Crippen LogP contribution < -0.4 is 4.90 Å². The largest absolute Gasteiger partial charge is 0.342 e. The van der Waals surface area contributed by atoms with Gasteiger partial charge >= 0.3 is 0 Å². The van der Waals surface area contributed by atoms with Crippen molar-refractivity contribution >= 4 is 29.1 Å². The summed E-state index contributed by atoms with van der Waals surface area (Å²) in [5.41, 5.74) is 1.29. The summed E-state index contributed by atoms with van der Waals surface area (Å²) in [4.78, 5) is 33.2. The van der Waals surface area contributed by atoms with Gasteiger partial charge in [-0.1, -0.05) is 48.4 Å². The van der Waals surface area contributed by atoms with Crippen LogP contribution in [0.3, 0.4) is 0 Å². The zero-order valence-corrected chi connectivity index (χ0v) is 21.1. The first-order valence-corrected chi connectivity index (χ1v) is 12.9. The van der Waals surface area contributed by atoms with Gasteiger partial charge in [-0.05, 0) is 82.4 Å². The van der Waals surface area contributed by atoms with E-state index in [0.29, 0.717) is 24.7 Å². The quantitative estimate of drug-likeness (QED) is 0.574. The summed E-state index contributed by atoms with van der Waals surface area (Å²) in [6.07, 6.45) is 5.16. The molecule has 2 fully saturated rings. The van der Waals surface area contributed by atoms with Crippen LogP contribution in [0.4, 0.5) is 5.69 Å². The lowest BCUT2D eigenvalue weighted by molar-refractivity contribution is -0.137. The van der Waals surface area contributed by atoms with Crippen molar-refractivity contribution in [2.75, 3.05) is 37.6 Å². The second-order valence-electron chi connectivity index (χ2n) is 10.1. The van der Waals surface area contributed by atoms with Crippen molar-refractivity contribution in [2.24, 2.45) is 0 Å². The van der Waals surface area contributed by atoms with Gasteiger partial charge < -0.3 is 9.80 Å². The first kappa shape index (κ1) is 24.7. The maximum atomic E-state index is 13.5. The van der Waals surface area contributed by atoms with E-state index in [2.05, 4.69) is 4.90 Å². The second kappa shape index (κ2) is 10.9. The molecule has 2 saturated heterocycles. The third-order valence-electron chi connectivity index (χ3n) is 7.33. The molecule has 0 aromatic heterocycles. The molecule has 0 spiro atoms. The molecule has 182 valence electrons. The van der Waals surface area contributed by atoms with Crippen LogP contribution in [0.5, 0.6) is 0 Å². The average Bonchev–Trinajstić information content (AvgIpc) is 2.86. The Hall–Kier alpha value is -2.37. The van der Waals surface area contributed by atoms with Crippen molar-refractivity contribution in [3.8, 4) is 0 Å². The fourth-order valence-corrected chi connectivity index (χ4v) is 5.37. The van der Waals surface area contributed by atoms with Crippen molar-refractivity contribution < 1.29 is 9.59 Å². The second-order valence-corrected chi connectivity index (χ2v) is 10.5. The molecule has 34 heavy (non-hydrogen) atoms. The summed E-state index contributed by atoms with van der Waals surface area (Å²) in [5.74, 6) is 0.290. The van der Waals surface area contributed by atoms with Gasteiger partial charge in [0, 0.05) is 29.8 Å². The van der Waals surface area contributed by atoms with Crippen molar-refractivity contribution in [1.29, 1.82) is 0 Å². The number of piperidine rings is 2. The molecule has 0 unspecified atom stereocenters. The molecule has 0 N–H and O–H groups in total. The Morgan fingerprint density at radius 2 is 1.53 bits per heavy atom. The number of hydrogen-bond donors (Lipinski definition) is 0. The van der Waals surface area contributed by atoms with E-state index in [-0.39, 0.29) is 17.9 Å². The Labute approximate surface area is 208 Å². The Morgan fingerprint density at radius 3 is 2.15 bits per heavy atom. The number of hydrogen-bond acceptors (Lipinski definition) is 3. The maximum Gasteiger partial charge on any atom is 0.241 e. The summed E-state index contributed by atoms with van der Waals surface area (Å²) in [6.45, 7) is 7.73. The van der Waals surface area contributed by atoms with E-state index in [0.717, 1.165) is 37.2 Å². The summed E-state index contributed by atoms with van der Waals surface area (Å²) >= 11 is 6.04. The van der Waals surface area contributed by atoms with Gasteiger partial charge in [0.2, 0.25) is 11.8 Å². The monoisotopic (exact) mass is 481 g/mol. The van der Waals surface area contributed by atoms with E-state index in [4.69, 9.17) is 11.6 Å². The van der Waals surface area contributed by atoms with Crippen LogP contribution in [-0.2, 0) is 15.0 Å². The van der Waals surface area contributed by atoms with Crippen LogP contribution in [0.2, 0.25) is 5.02 Å². The number of amides is 2. The highest BCUT2D eigenvalue weighted by molar-refractivity contribution is 6.30. The Balaban J connectivity index is 1.44. The summed E-state index contributed by atoms with van der Waals surface area (Å²) in [6, 6.07) is 17.7. The van der Waals surface area contributed by atoms with Crippen LogP contribution in [0.25, 0.3) is 0 Å². The zero-order chi connectivity index (χ0) is 24.1.